The molecule has 0 unspecified atom stereocenters. The Hall–Kier alpha value is -1.95. The minimum absolute atomic E-state index is 0.278. The summed E-state index contributed by atoms with van der Waals surface area (Å²) in [6, 6.07) is 5.74. The van der Waals surface area contributed by atoms with E-state index in [2.05, 4.69) is 43.5 Å². The van der Waals surface area contributed by atoms with Crippen LogP contribution in [-0.4, -0.2) is 22.4 Å². The van der Waals surface area contributed by atoms with E-state index >= 15 is 0 Å². The van der Waals surface area contributed by atoms with Gasteiger partial charge in [-0.15, -0.1) is 0 Å². The molecule has 2 rings (SSSR count). The van der Waals surface area contributed by atoms with Crippen molar-refractivity contribution in [3.8, 4) is 0 Å². The molecule has 0 aliphatic heterocycles. The highest BCUT2D eigenvalue weighted by molar-refractivity contribution is 9.10. The number of anilines is 2. The fourth-order valence-corrected chi connectivity index (χ4v) is 2.63. The summed E-state index contributed by atoms with van der Waals surface area (Å²) in [5.41, 5.74) is 2.12. The molecule has 1 heterocycles. The maximum atomic E-state index is 12.2. The summed E-state index contributed by atoms with van der Waals surface area (Å²) < 4.78 is 0.841. The van der Waals surface area contributed by atoms with E-state index in [0.29, 0.717) is 11.5 Å². The molecule has 122 valence electrons. The molecule has 0 radical (unpaired) electrons. The lowest BCUT2D eigenvalue weighted by Gasteiger charge is -2.08. The van der Waals surface area contributed by atoms with Crippen molar-refractivity contribution < 1.29 is 4.79 Å². The van der Waals surface area contributed by atoms with E-state index in [0.717, 1.165) is 23.0 Å². The average Bonchev–Trinajstić information content (AvgIpc) is 2.55. The number of aromatic nitrogens is 2. The van der Waals surface area contributed by atoms with Crippen LogP contribution in [0.15, 0.2) is 35.1 Å². The predicted octanol–water partition coefficient (Wildman–Crippen LogP) is 4.40. The van der Waals surface area contributed by atoms with Crippen molar-refractivity contribution >= 4 is 33.3 Å². The maximum absolute atomic E-state index is 12.2. The van der Waals surface area contributed by atoms with E-state index in [1.54, 1.807) is 6.20 Å². The normalized spacial score (nSPS) is 10.4. The minimum atomic E-state index is -0.278. The fourth-order valence-electron chi connectivity index (χ4n) is 2.04. The fraction of sp³-hybridized carbons (Fsp3) is 0.353. The number of amides is 1. The van der Waals surface area contributed by atoms with Gasteiger partial charge in [-0.05, 0) is 47.0 Å². The van der Waals surface area contributed by atoms with E-state index in [1.165, 1.54) is 19.0 Å². The molecule has 0 aliphatic carbocycles. The van der Waals surface area contributed by atoms with Gasteiger partial charge in [0.2, 0.25) is 0 Å². The molecule has 0 fully saturated rings. The second-order valence-electron chi connectivity index (χ2n) is 5.36. The van der Waals surface area contributed by atoms with Crippen molar-refractivity contribution in [2.75, 3.05) is 17.2 Å². The van der Waals surface area contributed by atoms with Crippen LogP contribution in [0.5, 0.6) is 0 Å². The van der Waals surface area contributed by atoms with Gasteiger partial charge < -0.3 is 10.6 Å². The van der Waals surface area contributed by atoms with Gasteiger partial charge >= 0.3 is 0 Å². The number of nitrogens with one attached hydrogen (secondary N) is 2. The number of benzene rings is 1. The molecule has 23 heavy (non-hydrogen) atoms. The molecule has 1 aromatic carbocycles. The molecular formula is C17H21BrN4O. The first-order valence-electron chi connectivity index (χ1n) is 7.73. The quantitative estimate of drug-likeness (QED) is 0.702. The Bertz CT molecular complexity index is 658. The van der Waals surface area contributed by atoms with Gasteiger partial charge in [-0.2, -0.15) is 0 Å². The molecule has 0 spiro atoms. The monoisotopic (exact) mass is 376 g/mol. The summed E-state index contributed by atoms with van der Waals surface area (Å²) >= 11 is 3.44. The van der Waals surface area contributed by atoms with Crippen LogP contribution >= 0.6 is 15.9 Å². The Morgan fingerprint density at radius 3 is 2.70 bits per heavy atom. The van der Waals surface area contributed by atoms with Crippen LogP contribution in [0.4, 0.5) is 11.5 Å². The number of unbranched alkanes of at least 4 members (excludes halogenated alkanes) is 2. The second kappa shape index (κ2) is 8.62. The van der Waals surface area contributed by atoms with Crippen LogP contribution in [0.25, 0.3) is 0 Å². The van der Waals surface area contributed by atoms with Crippen LogP contribution in [0, 0.1) is 6.92 Å². The van der Waals surface area contributed by atoms with Crippen LogP contribution in [0.2, 0.25) is 0 Å². The molecule has 1 aromatic heterocycles. The topological polar surface area (TPSA) is 66.9 Å². The minimum Gasteiger partial charge on any atom is -0.369 e. The van der Waals surface area contributed by atoms with Gasteiger partial charge in [0, 0.05) is 11.0 Å². The largest absolute Gasteiger partial charge is 0.369 e. The van der Waals surface area contributed by atoms with Crippen molar-refractivity contribution in [3.05, 3.63) is 46.3 Å². The van der Waals surface area contributed by atoms with Crippen molar-refractivity contribution in [2.24, 2.45) is 0 Å². The molecule has 0 aliphatic rings. The highest BCUT2D eigenvalue weighted by Crippen LogP contribution is 2.23. The summed E-state index contributed by atoms with van der Waals surface area (Å²) in [5, 5.41) is 6.02. The van der Waals surface area contributed by atoms with Gasteiger partial charge in [0.1, 0.15) is 11.5 Å². The van der Waals surface area contributed by atoms with Gasteiger partial charge in [0.15, 0.2) is 0 Å². The first-order valence-corrected chi connectivity index (χ1v) is 8.53. The Morgan fingerprint density at radius 2 is 2.04 bits per heavy atom. The van der Waals surface area contributed by atoms with E-state index in [4.69, 9.17) is 0 Å². The Kier molecular flexibility index (Phi) is 6.52. The van der Waals surface area contributed by atoms with Crippen LogP contribution in [-0.2, 0) is 0 Å². The van der Waals surface area contributed by atoms with E-state index in [9.17, 15) is 4.79 Å². The molecule has 1 amide bonds. The zero-order chi connectivity index (χ0) is 16.7. The van der Waals surface area contributed by atoms with Crippen molar-refractivity contribution in [3.63, 3.8) is 0 Å². The summed E-state index contributed by atoms with van der Waals surface area (Å²) in [4.78, 5) is 20.6. The van der Waals surface area contributed by atoms with Crippen molar-refractivity contribution in [2.45, 2.75) is 33.1 Å². The number of nitrogens with zero attached hydrogens (tertiary/aromatic N) is 2. The zero-order valence-electron chi connectivity index (χ0n) is 13.4. The van der Waals surface area contributed by atoms with Crippen LogP contribution < -0.4 is 10.6 Å². The van der Waals surface area contributed by atoms with E-state index in [-0.39, 0.29) is 11.6 Å². The van der Waals surface area contributed by atoms with Gasteiger partial charge in [-0.1, -0.05) is 25.8 Å². The number of carbonyl (C=O) groups excluding carboxylic acids is 1. The molecule has 0 saturated carbocycles. The van der Waals surface area contributed by atoms with Gasteiger partial charge in [-0.25, -0.2) is 9.97 Å². The first-order chi connectivity index (χ1) is 11.1. The molecule has 5 nitrogen and oxygen atoms in total. The molecule has 0 atom stereocenters. The van der Waals surface area contributed by atoms with Crippen LogP contribution in [0.1, 0.15) is 42.2 Å². The predicted molar refractivity (Wildman–Crippen MR) is 96.9 cm³/mol. The molecule has 2 N–H and O–H groups in total. The highest BCUT2D eigenvalue weighted by Gasteiger charge is 2.10. The summed E-state index contributed by atoms with van der Waals surface area (Å²) in [7, 11) is 0. The SMILES string of the molecule is CCCCCNc1cnc(C(=O)Nc2ccc(C)cc2Br)cn1. The lowest BCUT2D eigenvalue weighted by Crippen LogP contribution is -2.15. The van der Waals surface area contributed by atoms with Crippen molar-refractivity contribution in [1.29, 1.82) is 0 Å². The first kappa shape index (κ1) is 17.4. The standard InChI is InChI=1S/C17H21BrN4O/c1-3-4-5-8-19-16-11-20-15(10-21-16)17(23)22-14-7-6-12(2)9-13(14)18/h6-7,9-11H,3-5,8H2,1-2H3,(H,19,21)(H,22,23). The summed E-state index contributed by atoms with van der Waals surface area (Å²) in [5.74, 6) is 0.411. The number of rotatable bonds is 7. The lowest BCUT2D eigenvalue weighted by molar-refractivity contribution is 0.102. The van der Waals surface area contributed by atoms with Gasteiger partial charge in [0.05, 0.1) is 18.1 Å². The van der Waals surface area contributed by atoms with E-state index in [1.807, 2.05) is 25.1 Å². The second-order valence-corrected chi connectivity index (χ2v) is 6.21. The molecule has 0 bridgehead atoms. The van der Waals surface area contributed by atoms with Crippen LogP contribution in [0.3, 0.4) is 0 Å². The third kappa shape index (κ3) is 5.32. The Morgan fingerprint density at radius 1 is 1.22 bits per heavy atom. The Balaban J connectivity index is 1.94. The summed E-state index contributed by atoms with van der Waals surface area (Å²) in [6.45, 7) is 5.03. The lowest BCUT2D eigenvalue weighted by atomic mass is 10.2. The number of carbonyl (C=O) groups is 1. The summed E-state index contributed by atoms with van der Waals surface area (Å²) in [6.07, 6.45) is 6.54. The number of aryl methyl sites for hydroxylation is 1. The number of hydrogen-bond donors (Lipinski definition) is 2. The molecule has 2 aromatic rings. The third-order valence-corrected chi connectivity index (χ3v) is 4.00. The average molecular weight is 377 g/mol. The smallest absolute Gasteiger partial charge is 0.275 e. The van der Waals surface area contributed by atoms with Gasteiger partial charge in [0.25, 0.3) is 5.91 Å². The third-order valence-electron chi connectivity index (χ3n) is 3.34. The molecular weight excluding hydrogens is 356 g/mol. The number of hydrogen-bond acceptors (Lipinski definition) is 4. The zero-order valence-corrected chi connectivity index (χ0v) is 15.0. The van der Waals surface area contributed by atoms with Crippen molar-refractivity contribution in [1.82, 2.24) is 9.97 Å². The van der Waals surface area contributed by atoms with E-state index < -0.39 is 0 Å². The van der Waals surface area contributed by atoms with Gasteiger partial charge in [-0.3, -0.25) is 4.79 Å². The number of halogens is 1. The Labute approximate surface area is 145 Å². The molecule has 6 heteroatoms. The molecule has 0 saturated heterocycles. The maximum Gasteiger partial charge on any atom is 0.275 e. The highest BCUT2D eigenvalue weighted by atomic mass is 79.9.